The van der Waals surface area contributed by atoms with Crippen LogP contribution in [0.1, 0.15) is 10.9 Å². The molecular formula is C10H8FNOS2. The largest absolute Gasteiger partial charge is 0.431 e. The average Bonchev–Trinajstić information content (AvgIpc) is 2.69. The van der Waals surface area contributed by atoms with Gasteiger partial charge in [-0.15, -0.1) is 11.8 Å². The van der Waals surface area contributed by atoms with Gasteiger partial charge in [-0.1, -0.05) is 0 Å². The second-order valence-electron chi connectivity index (χ2n) is 3.47. The molecule has 1 fully saturated rings. The molecule has 2 heterocycles. The lowest BCUT2D eigenvalue weighted by molar-refractivity contribution is 0.333. The predicted octanol–water partition coefficient (Wildman–Crippen LogP) is 2.55. The molecule has 1 atom stereocenters. The third-order valence-corrected chi connectivity index (χ3v) is 4.12. The summed E-state index contributed by atoms with van der Waals surface area (Å²) in [6.07, 6.45) is 0. The van der Waals surface area contributed by atoms with Gasteiger partial charge in [-0.05, 0) is 30.4 Å². The summed E-state index contributed by atoms with van der Waals surface area (Å²) in [7, 11) is 0. The number of nitrogens with zero attached hydrogens (tertiary/aromatic N) is 1. The van der Waals surface area contributed by atoms with Crippen molar-refractivity contribution in [1.82, 2.24) is 4.90 Å². The minimum atomic E-state index is -0.224. The number of halogens is 1. The Morgan fingerprint density at radius 2 is 2.40 bits per heavy atom. The van der Waals surface area contributed by atoms with Crippen molar-refractivity contribution in [3.63, 3.8) is 0 Å². The number of ether oxygens (including phenoxy) is 1. The average molecular weight is 241 g/mol. The lowest BCUT2D eigenvalue weighted by Crippen LogP contribution is -2.36. The van der Waals surface area contributed by atoms with Gasteiger partial charge in [0.05, 0.1) is 0 Å². The third-order valence-electron chi connectivity index (χ3n) is 2.56. The minimum Gasteiger partial charge on any atom is -0.431 e. The van der Waals surface area contributed by atoms with E-state index in [-0.39, 0.29) is 11.2 Å². The Kier molecular flexibility index (Phi) is 2.10. The maximum atomic E-state index is 13.1. The summed E-state index contributed by atoms with van der Waals surface area (Å²) in [6, 6.07) is 4.58. The van der Waals surface area contributed by atoms with E-state index in [1.165, 1.54) is 12.1 Å². The highest BCUT2D eigenvalue weighted by atomic mass is 32.2. The first-order valence-corrected chi connectivity index (χ1v) is 6.11. The van der Waals surface area contributed by atoms with Crippen molar-refractivity contribution in [3.05, 3.63) is 29.6 Å². The zero-order valence-electron chi connectivity index (χ0n) is 7.77. The van der Waals surface area contributed by atoms with E-state index in [0.717, 1.165) is 17.9 Å². The van der Waals surface area contributed by atoms with Crippen molar-refractivity contribution in [2.75, 3.05) is 12.3 Å². The molecule has 1 aromatic carbocycles. The smallest absolute Gasteiger partial charge is 0.266 e. The molecule has 1 saturated heterocycles. The molecule has 2 aliphatic rings. The van der Waals surface area contributed by atoms with E-state index in [4.69, 9.17) is 17.0 Å². The van der Waals surface area contributed by atoms with Gasteiger partial charge in [0.2, 0.25) is 0 Å². The molecule has 0 amide bonds. The molecule has 0 bridgehead atoms. The van der Waals surface area contributed by atoms with Crippen LogP contribution in [0.25, 0.3) is 0 Å². The minimum absolute atomic E-state index is 0.136. The maximum Gasteiger partial charge on any atom is 0.266 e. The summed E-state index contributed by atoms with van der Waals surface area (Å²) in [5.41, 5.74) is 0.895. The van der Waals surface area contributed by atoms with Gasteiger partial charge >= 0.3 is 0 Å². The molecule has 1 aromatic rings. The summed E-state index contributed by atoms with van der Waals surface area (Å²) in [4.78, 5) is 2.00. The van der Waals surface area contributed by atoms with Gasteiger partial charge in [-0.25, -0.2) is 4.39 Å². The zero-order chi connectivity index (χ0) is 10.4. The normalized spacial score (nSPS) is 23.4. The van der Waals surface area contributed by atoms with Gasteiger partial charge in [-0.3, -0.25) is 0 Å². The van der Waals surface area contributed by atoms with Crippen molar-refractivity contribution in [2.24, 2.45) is 0 Å². The van der Waals surface area contributed by atoms with E-state index in [9.17, 15) is 4.39 Å². The van der Waals surface area contributed by atoms with E-state index >= 15 is 0 Å². The Hall–Kier alpha value is -0.810. The highest BCUT2D eigenvalue weighted by Gasteiger charge is 2.36. The number of thioether (sulfide) groups is 1. The molecular weight excluding hydrogens is 233 g/mol. The summed E-state index contributed by atoms with van der Waals surface area (Å²) in [5, 5.41) is 0.640. The van der Waals surface area contributed by atoms with Crippen LogP contribution in [0.3, 0.4) is 0 Å². The Bertz CT molecular complexity index is 437. The van der Waals surface area contributed by atoms with Crippen molar-refractivity contribution >= 4 is 29.2 Å². The van der Waals surface area contributed by atoms with E-state index in [1.54, 1.807) is 17.8 Å². The highest BCUT2D eigenvalue weighted by molar-refractivity contribution is 7.99. The number of rotatable bonds is 0. The van der Waals surface area contributed by atoms with Gasteiger partial charge in [0.1, 0.15) is 16.9 Å². The SMILES string of the molecule is Fc1ccc2c(c1)C1SCCN1C(=S)O2. The zero-order valence-corrected chi connectivity index (χ0v) is 9.41. The highest BCUT2D eigenvalue weighted by Crippen LogP contribution is 2.45. The fourth-order valence-electron chi connectivity index (χ4n) is 1.87. The van der Waals surface area contributed by atoms with Crippen LogP contribution in [-0.4, -0.2) is 22.4 Å². The molecule has 2 nitrogen and oxygen atoms in total. The monoisotopic (exact) mass is 241 g/mol. The molecule has 0 spiro atoms. The molecule has 0 radical (unpaired) electrons. The van der Waals surface area contributed by atoms with Crippen LogP contribution in [0.15, 0.2) is 18.2 Å². The fourth-order valence-corrected chi connectivity index (χ4v) is 3.50. The van der Waals surface area contributed by atoms with Gasteiger partial charge in [0, 0.05) is 17.9 Å². The number of benzene rings is 1. The van der Waals surface area contributed by atoms with Gasteiger partial charge in [0.15, 0.2) is 0 Å². The first kappa shape index (κ1) is 9.42. The standard InChI is InChI=1S/C10H8FNOS2/c11-6-1-2-8-7(5-6)9-12(3-4-15-9)10(14)13-8/h1-2,5,9H,3-4H2. The summed E-state index contributed by atoms with van der Waals surface area (Å²) < 4.78 is 18.6. The topological polar surface area (TPSA) is 12.5 Å². The maximum absolute atomic E-state index is 13.1. The van der Waals surface area contributed by atoms with Gasteiger partial charge in [-0.2, -0.15) is 0 Å². The van der Waals surface area contributed by atoms with Gasteiger partial charge < -0.3 is 9.64 Å². The number of thiocarbonyl (C=S) groups is 1. The molecule has 1 unspecified atom stereocenters. The number of hydrogen-bond acceptors (Lipinski definition) is 3. The molecule has 0 aromatic heterocycles. The lowest BCUT2D eigenvalue weighted by Gasteiger charge is -2.32. The van der Waals surface area contributed by atoms with Crippen LogP contribution in [0.4, 0.5) is 4.39 Å². The van der Waals surface area contributed by atoms with Crippen molar-refractivity contribution in [1.29, 1.82) is 0 Å². The molecule has 2 aliphatic heterocycles. The Balaban J connectivity index is 2.12. The molecule has 15 heavy (non-hydrogen) atoms. The van der Waals surface area contributed by atoms with Crippen LogP contribution in [0, 0.1) is 5.82 Å². The van der Waals surface area contributed by atoms with Crippen LogP contribution in [0.5, 0.6) is 5.75 Å². The summed E-state index contributed by atoms with van der Waals surface area (Å²) in [6.45, 7) is 0.879. The van der Waals surface area contributed by atoms with Crippen LogP contribution in [-0.2, 0) is 0 Å². The molecule has 0 saturated carbocycles. The quantitative estimate of drug-likeness (QED) is 0.647. The van der Waals surface area contributed by atoms with Crippen molar-refractivity contribution < 1.29 is 9.13 Å². The second-order valence-corrected chi connectivity index (χ2v) is 5.00. The predicted molar refractivity (Wildman–Crippen MR) is 61.5 cm³/mol. The Morgan fingerprint density at radius 1 is 1.53 bits per heavy atom. The van der Waals surface area contributed by atoms with E-state index in [0.29, 0.717) is 10.9 Å². The number of hydrogen-bond donors (Lipinski definition) is 0. The first-order chi connectivity index (χ1) is 7.25. The molecule has 3 rings (SSSR count). The Labute approximate surface area is 96.4 Å². The summed E-state index contributed by atoms with van der Waals surface area (Å²) >= 11 is 6.92. The second kappa shape index (κ2) is 3.35. The molecule has 78 valence electrons. The van der Waals surface area contributed by atoms with E-state index < -0.39 is 0 Å². The lowest BCUT2D eigenvalue weighted by atomic mass is 10.1. The fraction of sp³-hybridized carbons (Fsp3) is 0.300. The molecule has 5 heteroatoms. The van der Waals surface area contributed by atoms with E-state index in [2.05, 4.69) is 0 Å². The summed E-state index contributed by atoms with van der Waals surface area (Å²) in [5.74, 6) is 1.47. The van der Waals surface area contributed by atoms with Crippen LogP contribution in [0.2, 0.25) is 0 Å². The first-order valence-electron chi connectivity index (χ1n) is 4.65. The van der Waals surface area contributed by atoms with Crippen molar-refractivity contribution in [2.45, 2.75) is 5.37 Å². The van der Waals surface area contributed by atoms with Crippen LogP contribution >= 0.6 is 24.0 Å². The Morgan fingerprint density at radius 3 is 3.27 bits per heavy atom. The number of fused-ring (bicyclic) bond motifs is 3. The van der Waals surface area contributed by atoms with E-state index in [1.807, 2.05) is 4.90 Å². The van der Waals surface area contributed by atoms with Gasteiger partial charge in [0.25, 0.3) is 5.17 Å². The molecule has 0 N–H and O–H groups in total. The molecule has 0 aliphatic carbocycles. The van der Waals surface area contributed by atoms with Crippen LogP contribution < -0.4 is 4.74 Å². The van der Waals surface area contributed by atoms with Crippen molar-refractivity contribution in [3.8, 4) is 5.75 Å². The third kappa shape index (κ3) is 1.41.